The fourth-order valence-electron chi connectivity index (χ4n) is 1.96. The molecule has 6 nitrogen and oxygen atoms in total. The maximum absolute atomic E-state index is 13.3. The van der Waals surface area contributed by atoms with Crippen LogP contribution in [0.25, 0.3) is 6.08 Å². The molecule has 0 unspecified atom stereocenters. The van der Waals surface area contributed by atoms with Crippen molar-refractivity contribution >= 4 is 17.9 Å². The predicted octanol–water partition coefficient (Wildman–Crippen LogP) is 1.90. The van der Waals surface area contributed by atoms with Gasteiger partial charge < -0.3 is 20.5 Å². The van der Waals surface area contributed by atoms with E-state index in [9.17, 15) is 14.0 Å². The minimum absolute atomic E-state index is 0.149. The van der Waals surface area contributed by atoms with E-state index in [1.807, 2.05) is 0 Å². The van der Waals surface area contributed by atoms with E-state index in [0.717, 1.165) is 5.56 Å². The molecule has 0 atom stereocenters. The third-order valence-corrected chi connectivity index (χ3v) is 3.18. The quantitative estimate of drug-likeness (QED) is 0.529. The molecule has 0 saturated carbocycles. The fraction of sp³-hybridized carbons (Fsp3) is 0.158. The standard InChI is InChI=1S/C19H19FN2O4/c20-16-3-1-2-4-17(16)25-12-11-22-19(24)10-7-14-5-8-15(9-6-14)26-13-18(21)23/h1-10H,11-13H2,(H2,21,23)(H,22,24)/b10-7+. The van der Waals surface area contributed by atoms with E-state index in [1.165, 1.54) is 18.2 Å². The van der Waals surface area contributed by atoms with E-state index in [4.69, 9.17) is 15.2 Å². The Morgan fingerprint density at radius 1 is 1.08 bits per heavy atom. The van der Waals surface area contributed by atoms with E-state index in [-0.39, 0.29) is 31.4 Å². The number of nitrogens with one attached hydrogen (secondary N) is 1. The van der Waals surface area contributed by atoms with Crippen LogP contribution in [-0.4, -0.2) is 31.6 Å². The lowest BCUT2D eigenvalue weighted by Gasteiger charge is -2.07. The molecule has 7 heteroatoms. The molecule has 0 spiro atoms. The number of benzene rings is 2. The number of hydrogen-bond donors (Lipinski definition) is 2. The van der Waals surface area contributed by atoms with Crippen molar-refractivity contribution in [3.8, 4) is 11.5 Å². The summed E-state index contributed by atoms with van der Waals surface area (Å²) in [5, 5.41) is 2.64. The van der Waals surface area contributed by atoms with E-state index < -0.39 is 11.7 Å². The lowest BCUT2D eigenvalue weighted by molar-refractivity contribution is -0.120. The van der Waals surface area contributed by atoms with Crippen molar-refractivity contribution in [3.05, 3.63) is 66.0 Å². The first-order chi connectivity index (χ1) is 12.5. The fourth-order valence-corrected chi connectivity index (χ4v) is 1.96. The van der Waals surface area contributed by atoms with E-state index in [1.54, 1.807) is 42.5 Å². The van der Waals surface area contributed by atoms with Crippen LogP contribution in [0.1, 0.15) is 5.56 Å². The molecule has 136 valence electrons. The molecule has 2 rings (SSSR count). The number of carbonyl (C=O) groups is 2. The second-order valence-electron chi connectivity index (χ2n) is 5.23. The van der Waals surface area contributed by atoms with Crippen molar-refractivity contribution in [2.24, 2.45) is 5.73 Å². The van der Waals surface area contributed by atoms with Crippen LogP contribution in [-0.2, 0) is 9.59 Å². The Kier molecular flexibility index (Phi) is 7.17. The number of hydrogen-bond acceptors (Lipinski definition) is 4. The van der Waals surface area contributed by atoms with Gasteiger partial charge in [-0.1, -0.05) is 24.3 Å². The third kappa shape index (κ3) is 6.64. The van der Waals surface area contributed by atoms with E-state index in [2.05, 4.69) is 5.32 Å². The molecule has 0 bridgehead atoms. The predicted molar refractivity (Wildman–Crippen MR) is 95.1 cm³/mol. The molecular weight excluding hydrogens is 339 g/mol. The normalized spacial score (nSPS) is 10.5. The second kappa shape index (κ2) is 9.83. The van der Waals surface area contributed by atoms with E-state index in [0.29, 0.717) is 5.75 Å². The van der Waals surface area contributed by atoms with Gasteiger partial charge in [0.05, 0.1) is 6.54 Å². The Morgan fingerprint density at radius 3 is 2.50 bits per heavy atom. The first-order valence-electron chi connectivity index (χ1n) is 7.89. The van der Waals surface area contributed by atoms with Crippen LogP contribution in [0.2, 0.25) is 0 Å². The largest absolute Gasteiger partial charge is 0.489 e. The molecule has 0 fully saturated rings. The molecule has 2 aromatic rings. The van der Waals surface area contributed by atoms with Gasteiger partial charge in [-0.05, 0) is 35.9 Å². The zero-order valence-corrected chi connectivity index (χ0v) is 14.0. The van der Waals surface area contributed by atoms with Gasteiger partial charge in [-0.15, -0.1) is 0 Å². The van der Waals surface area contributed by atoms with Crippen LogP contribution in [0.15, 0.2) is 54.6 Å². The maximum atomic E-state index is 13.3. The number of halogens is 1. The molecule has 26 heavy (non-hydrogen) atoms. The van der Waals surface area contributed by atoms with Crippen molar-refractivity contribution in [1.82, 2.24) is 5.32 Å². The Hall–Kier alpha value is -3.35. The monoisotopic (exact) mass is 358 g/mol. The van der Waals surface area contributed by atoms with Gasteiger partial charge in [0.15, 0.2) is 18.2 Å². The van der Waals surface area contributed by atoms with Gasteiger partial charge in [-0.25, -0.2) is 4.39 Å². The van der Waals surface area contributed by atoms with Crippen LogP contribution in [0, 0.1) is 5.82 Å². The number of rotatable bonds is 9. The molecule has 0 aliphatic carbocycles. The Labute approximate surface area is 150 Å². The topological polar surface area (TPSA) is 90.7 Å². The van der Waals surface area contributed by atoms with Crippen molar-refractivity contribution in [1.29, 1.82) is 0 Å². The van der Waals surface area contributed by atoms with E-state index >= 15 is 0 Å². The van der Waals surface area contributed by atoms with Crippen molar-refractivity contribution in [2.75, 3.05) is 19.8 Å². The smallest absolute Gasteiger partial charge is 0.255 e. The van der Waals surface area contributed by atoms with Crippen LogP contribution in [0.5, 0.6) is 11.5 Å². The minimum Gasteiger partial charge on any atom is -0.489 e. The van der Waals surface area contributed by atoms with Gasteiger partial charge in [0.2, 0.25) is 5.91 Å². The molecular formula is C19H19FN2O4. The lowest BCUT2D eigenvalue weighted by Crippen LogP contribution is -2.26. The zero-order chi connectivity index (χ0) is 18.8. The highest BCUT2D eigenvalue weighted by Gasteiger charge is 2.01. The minimum atomic E-state index is -0.551. The zero-order valence-electron chi connectivity index (χ0n) is 14.0. The molecule has 0 saturated heterocycles. The van der Waals surface area contributed by atoms with Gasteiger partial charge in [0.1, 0.15) is 12.4 Å². The molecule has 2 amide bonds. The summed E-state index contributed by atoms with van der Waals surface area (Å²) in [5.74, 6) is -0.630. The Morgan fingerprint density at radius 2 is 1.81 bits per heavy atom. The van der Waals surface area contributed by atoms with Gasteiger partial charge in [0, 0.05) is 6.08 Å². The van der Waals surface area contributed by atoms with Crippen molar-refractivity contribution in [2.45, 2.75) is 0 Å². The SMILES string of the molecule is NC(=O)COc1ccc(/C=C/C(=O)NCCOc2ccccc2F)cc1. The number of primary amides is 1. The van der Waals surface area contributed by atoms with Crippen LogP contribution in [0.4, 0.5) is 4.39 Å². The van der Waals surface area contributed by atoms with Crippen LogP contribution < -0.4 is 20.5 Å². The number of nitrogens with two attached hydrogens (primary N) is 1. The van der Waals surface area contributed by atoms with Crippen LogP contribution >= 0.6 is 0 Å². The van der Waals surface area contributed by atoms with Gasteiger partial charge in [-0.2, -0.15) is 0 Å². The number of amides is 2. The summed E-state index contributed by atoms with van der Waals surface area (Å²) in [6.07, 6.45) is 3.01. The highest BCUT2D eigenvalue weighted by Crippen LogP contribution is 2.15. The molecule has 0 heterocycles. The molecule has 0 aromatic heterocycles. The summed E-state index contributed by atoms with van der Waals surface area (Å²) in [5.41, 5.74) is 5.78. The Bertz CT molecular complexity index is 775. The van der Waals surface area contributed by atoms with Crippen molar-refractivity contribution in [3.63, 3.8) is 0 Å². The summed E-state index contributed by atoms with van der Waals surface area (Å²) >= 11 is 0. The number of carbonyl (C=O) groups excluding carboxylic acids is 2. The summed E-state index contributed by atoms with van der Waals surface area (Å²) in [6.45, 7) is 0.219. The first-order valence-corrected chi connectivity index (χ1v) is 7.89. The average molecular weight is 358 g/mol. The molecule has 0 aliphatic rings. The summed E-state index contributed by atoms with van der Waals surface area (Å²) < 4.78 is 23.7. The number of para-hydroxylation sites is 1. The summed E-state index contributed by atoms with van der Waals surface area (Å²) in [4.78, 5) is 22.4. The first kappa shape index (κ1) is 19.0. The highest BCUT2D eigenvalue weighted by atomic mass is 19.1. The summed E-state index contributed by atoms with van der Waals surface area (Å²) in [7, 11) is 0. The third-order valence-electron chi connectivity index (χ3n) is 3.18. The maximum Gasteiger partial charge on any atom is 0.255 e. The molecule has 2 aromatic carbocycles. The summed E-state index contributed by atoms with van der Waals surface area (Å²) in [6, 6.07) is 12.9. The van der Waals surface area contributed by atoms with Crippen LogP contribution in [0.3, 0.4) is 0 Å². The van der Waals surface area contributed by atoms with Gasteiger partial charge in [-0.3, -0.25) is 9.59 Å². The Balaban J connectivity index is 1.71. The van der Waals surface area contributed by atoms with Crippen molar-refractivity contribution < 1.29 is 23.5 Å². The highest BCUT2D eigenvalue weighted by molar-refractivity contribution is 5.91. The van der Waals surface area contributed by atoms with Gasteiger partial charge >= 0.3 is 0 Å². The average Bonchev–Trinajstić information content (AvgIpc) is 2.64. The number of ether oxygens (including phenoxy) is 2. The molecule has 3 N–H and O–H groups in total. The second-order valence-corrected chi connectivity index (χ2v) is 5.23. The molecule has 0 aliphatic heterocycles. The lowest BCUT2D eigenvalue weighted by atomic mass is 10.2. The molecule has 0 radical (unpaired) electrons. The van der Waals surface area contributed by atoms with Gasteiger partial charge in [0.25, 0.3) is 5.91 Å².